The van der Waals surface area contributed by atoms with E-state index < -0.39 is 0 Å². The summed E-state index contributed by atoms with van der Waals surface area (Å²) in [5.74, 6) is -0.0463. The molecule has 0 aliphatic carbocycles. The summed E-state index contributed by atoms with van der Waals surface area (Å²) in [7, 11) is 0. The van der Waals surface area contributed by atoms with Crippen LogP contribution in [-0.4, -0.2) is 36.6 Å². The van der Waals surface area contributed by atoms with Crippen molar-refractivity contribution in [3.63, 3.8) is 0 Å². The molecule has 0 aromatic heterocycles. The van der Waals surface area contributed by atoms with Crippen LogP contribution in [0, 0.1) is 0 Å². The predicted molar refractivity (Wildman–Crippen MR) is 76.4 cm³/mol. The average molecular weight is 283 g/mol. The van der Waals surface area contributed by atoms with Gasteiger partial charge in [0.05, 0.1) is 22.4 Å². The smallest absolute Gasteiger partial charge is 0.256 e. The molecule has 1 aliphatic rings. The van der Waals surface area contributed by atoms with Gasteiger partial charge in [0.2, 0.25) is 0 Å². The molecule has 104 valence electrons. The fourth-order valence-electron chi connectivity index (χ4n) is 2.36. The lowest BCUT2D eigenvalue weighted by molar-refractivity contribution is 0.0146. The zero-order valence-corrected chi connectivity index (χ0v) is 11.8. The van der Waals surface area contributed by atoms with Crippen molar-refractivity contribution in [3.05, 3.63) is 28.8 Å². The molecular formula is C14H19ClN2O2. The highest BCUT2D eigenvalue weighted by Crippen LogP contribution is 2.25. The van der Waals surface area contributed by atoms with Gasteiger partial charge in [-0.1, -0.05) is 17.7 Å². The summed E-state index contributed by atoms with van der Waals surface area (Å²) in [6.45, 7) is 4.12. The minimum Gasteiger partial charge on any atom is -0.397 e. The molecule has 1 heterocycles. The maximum atomic E-state index is 12.4. The number of para-hydroxylation sites is 1. The second kappa shape index (κ2) is 6.26. The number of nitrogens with zero attached hydrogens (tertiary/aromatic N) is 1. The predicted octanol–water partition coefficient (Wildman–Crippen LogP) is 2.56. The number of hydrogen-bond donors (Lipinski definition) is 1. The number of amides is 1. The quantitative estimate of drug-likeness (QED) is 0.867. The number of hydrogen-bond acceptors (Lipinski definition) is 3. The monoisotopic (exact) mass is 282 g/mol. The molecule has 0 radical (unpaired) electrons. The topological polar surface area (TPSA) is 55.6 Å². The minimum absolute atomic E-state index is 0.0463. The normalized spacial score (nSPS) is 16.6. The number of halogens is 1. The lowest BCUT2D eigenvalue weighted by Crippen LogP contribution is -2.41. The van der Waals surface area contributed by atoms with Crippen molar-refractivity contribution in [1.29, 1.82) is 0 Å². The van der Waals surface area contributed by atoms with Crippen LogP contribution in [0.3, 0.4) is 0 Å². The van der Waals surface area contributed by atoms with E-state index in [1.54, 1.807) is 18.2 Å². The van der Waals surface area contributed by atoms with Gasteiger partial charge < -0.3 is 15.4 Å². The molecule has 19 heavy (non-hydrogen) atoms. The van der Waals surface area contributed by atoms with E-state index in [-0.39, 0.29) is 12.0 Å². The molecule has 0 unspecified atom stereocenters. The van der Waals surface area contributed by atoms with E-state index in [1.807, 2.05) is 11.8 Å². The molecule has 4 nitrogen and oxygen atoms in total. The van der Waals surface area contributed by atoms with E-state index in [0.29, 0.717) is 29.4 Å². The third kappa shape index (κ3) is 3.19. The van der Waals surface area contributed by atoms with Crippen molar-refractivity contribution in [2.75, 3.05) is 25.4 Å². The highest BCUT2D eigenvalue weighted by molar-refractivity contribution is 6.33. The first-order valence-electron chi connectivity index (χ1n) is 6.58. The van der Waals surface area contributed by atoms with Crippen molar-refractivity contribution in [3.8, 4) is 0 Å². The number of likely N-dealkylation sites (tertiary alicyclic amines) is 1. The van der Waals surface area contributed by atoms with E-state index in [0.717, 1.165) is 19.4 Å². The SMILES string of the molecule is CCOC1CCN(C(=O)c2cccc(Cl)c2N)CC1. The van der Waals surface area contributed by atoms with Crippen molar-refractivity contribution >= 4 is 23.2 Å². The lowest BCUT2D eigenvalue weighted by atomic mass is 10.1. The van der Waals surface area contributed by atoms with Crippen LogP contribution in [-0.2, 0) is 4.74 Å². The summed E-state index contributed by atoms with van der Waals surface area (Å²) in [6.07, 6.45) is 2.02. The Morgan fingerprint density at radius 2 is 2.16 bits per heavy atom. The Labute approximate surface area is 118 Å². The van der Waals surface area contributed by atoms with Crippen molar-refractivity contribution in [2.24, 2.45) is 0 Å². The van der Waals surface area contributed by atoms with Gasteiger partial charge >= 0.3 is 0 Å². The number of ether oxygens (including phenoxy) is 1. The number of nitrogen functional groups attached to an aromatic ring is 1. The van der Waals surface area contributed by atoms with E-state index >= 15 is 0 Å². The number of anilines is 1. The molecule has 0 atom stereocenters. The Balaban J connectivity index is 2.03. The fraction of sp³-hybridized carbons (Fsp3) is 0.500. The molecule has 2 N–H and O–H groups in total. The molecule has 1 fully saturated rings. The van der Waals surface area contributed by atoms with Gasteiger partial charge in [-0.2, -0.15) is 0 Å². The average Bonchev–Trinajstić information content (AvgIpc) is 2.42. The Bertz CT molecular complexity index is 457. The van der Waals surface area contributed by atoms with Gasteiger partial charge in [0.25, 0.3) is 5.91 Å². The standard InChI is InChI=1S/C14H19ClN2O2/c1-2-19-10-6-8-17(9-7-10)14(18)11-4-3-5-12(15)13(11)16/h3-5,10H,2,6-9,16H2,1H3. The zero-order valence-electron chi connectivity index (χ0n) is 11.1. The summed E-state index contributed by atoms with van der Waals surface area (Å²) in [4.78, 5) is 14.2. The fourth-order valence-corrected chi connectivity index (χ4v) is 2.53. The highest BCUT2D eigenvalue weighted by Gasteiger charge is 2.25. The van der Waals surface area contributed by atoms with Crippen molar-refractivity contribution in [2.45, 2.75) is 25.9 Å². The Kier molecular flexibility index (Phi) is 4.66. The van der Waals surface area contributed by atoms with Gasteiger partial charge in [0, 0.05) is 19.7 Å². The summed E-state index contributed by atoms with van der Waals surface area (Å²) in [6, 6.07) is 5.16. The zero-order chi connectivity index (χ0) is 13.8. The van der Waals surface area contributed by atoms with Crippen LogP contribution in [0.4, 0.5) is 5.69 Å². The summed E-state index contributed by atoms with van der Waals surface area (Å²) in [5.41, 5.74) is 6.71. The minimum atomic E-state index is -0.0463. The first kappa shape index (κ1) is 14.2. The highest BCUT2D eigenvalue weighted by atomic mass is 35.5. The van der Waals surface area contributed by atoms with Gasteiger partial charge in [-0.15, -0.1) is 0 Å². The van der Waals surface area contributed by atoms with Crippen LogP contribution in [0.2, 0.25) is 5.02 Å². The largest absolute Gasteiger partial charge is 0.397 e. The lowest BCUT2D eigenvalue weighted by Gasteiger charge is -2.32. The van der Waals surface area contributed by atoms with Gasteiger partial charge in [-0.05, 0) is 31.9 Å². The van der Waals surface area contributed by atoms with E-state index in [1.165, 1.54) is 0 Å². The Morgan fingerprint density at radius 1 is 1.47 bits per heavy atom. The summed E-state index contributed by atoms with van der Waals surface area (Å²) in [5, 5.41) is 0.426. The Hall–Kier alpha value is -1.26. The number of piperidine rings is 1. The van der Waals surface area contributed by atoms with Crippen LogP contribution in [0.25, 0.3) is 0 Å². The van der Waals surface area contributed by atoms with E-state index in [9.17, 15) is 4.79 Å². The van der Waals surface area contributed by atoms with Gasteiger partial charge in [0.1, 0.15) is 0 Å². The maximum absolute atomic E-state index is 12.4. The van der Waals surface area contributed by atoms with E-state index in [4.69, 9.17) is 22.1 Å². The number of nitrogens with two attached hydrogens (primary N) is 1. The molecule has 0 spiro atoms. The van der Waals surface area contributed by atoms with Crippen LogP contribution in [0.15, 0.2) is 18.2 Å². The molecule has 2 rings (SSSR count). The maximum Gasteiger partial charge on any atom is 0.256 e. The van der Waals surface area contributed by atoms with Gasteiger partial charge in [0.15, 0.2) is 0 Å². The molecule has 1 aliphatic heterocycles. The summed E-state index contributed by atoms with van der Waals surface area (Å²) >= 11 is 5.95. The van der Waals surface area contributed by atoms with Crippen LogP contribution in [0.5, 0.6) is 0 Å². The first-order chi connectivity index (χ1) is 9.13. The second-order valence-corrected chi connectivity index (χ2v) is 5.06. The number of benzene rings is 1. The first-order valence-corrected chi connectivity index (χ1v) is 6.96. The number of carbonyl (C=O) groups excluding carboxylic acids is 1. The van der Waals surface area contributed by atoms with Crippen molar-refractivity contribution in [1.82, 2.24) is 4.90 Å². The third-order valence-corrected chi connectivity index (χ3v) is 3.74. The van der Waals surface area contributed by atoms with E-state index in [2.05, 4.69) is 0 Å². The Morgan fingerprint density at radius 3 is 2.79 bits per heavy atom. The number of rotatable bonds is 3. The molecule has 1 amide bonds. The second-order valence-electron chi connectivity index (χ2n) is 4.65. The molecule has 1 saturated heterocycles. The number of carbonyl (C=O) groups is 1. The molecule has 1 aromatic carbocycles. The van der Waals surface area contributed by atoms with Crippen molar-refractivity contribution < 1.29 is 9.53 Å². The van der Waals surface area contributed by atoms with Gasteiger partial charge in [-0.3, -0.25) is 4.79 Å². The van der Waals surface area contributed by atoms with Crippen LogP contribution < -0.4 is 5.73 Å². The molecule has 5 heteroatoms. The van der Waals surface area contributed by atoms with Crippen LogP contribution >= 0.6 is 11.6 Å². The summed E-state index contributed by atoms with van der Waals surface area (Å²) < 4.78 is 5.58. The van der Waals surface area contributed by atoms with Gasteiger partial charge in [-0.25, -0.2) is 0 Å². The third-order valence-electron chi connectivity index (χ3n) is 3.41. The molecule has 1 aromatic rings. The van der Waals surface area contributed by atoms with Crippen LogP contribution in [0.1, 0.15) is 30.1 Å². The molecule has 0 bridgehead atoms. The molecule has 0 saturated carbocycles. The molecular weight excluding hydrogens is 264 g/mol.